The highest BCUT2D eigenvalue weighted by atomic mass is 35.5. The summed E-state index contributed by atoms with van der Waals surface area (Å²) in [6.07, 6.45) is 4.23. The van der Waals surface area contributed by atoms with Gasteiger partial charge in [-0.3, -0.25) is 9.36 Å². The number of hydrogen-bond donors (Lipinski definition) is 1. The molecule has 9 heteroatoms. The monoisotopic (exact) mass is 481 g/mol. The summed E-state index contributed by atoms with van der Waals surface area (Å²) >= 11 is 9.01. The number of benzene rings is 2. The molecule has 0 aliphatic carbocycles. The van der Waals surface area contributed by atoms with Gasteiger partial charge >= 0.3 is 0 Å². The van der Waals surface area contributed by atoms with Gasteiger partial charge in [0.15, 0.2) is 16.1 Å². The van der Waals surface area contributed by atoms with E-state index in [9.17, 15) is 4.79 Å². The van der Waals surface area contributed by atoms with Crippen molar-refractivity contribution in [2.24, 2.45) is 0 Å². The standard InChI is InChI=1S/C23H20ClN5OS2/c1-2-12-29-21(16-8-4-3-5-9-16)27-28-23(29)31-15-20(30)26-22-25-14-18(32-22)13-17-10-6-7-11-19(17)24/h2-11,14H,1,12-13,15H2,(H,25,26,30). The molecule has 1 N–H and O–H groups in total. The number of halogens is 1. The highest BCUT2D eigenvalue weighted by Gasteiger charge is 2.15. The second-order valence-electron chi connectivity index (χ2n) is 6.81. The lowest BCUT2D eigenvalue weighted by molar-refractivity contribution is -0.113. The van der Waals surface area contributed by atoms with Crippen LogP contribution in [0.3, 0.4) is 0 Å². The molecule has 0 fully saturated rings. The minimum Gasteiger partial charge on any atom is -0.301 e. The molecule has 2 aromatic heterocycles. The minimum atomic E-state index is -0.150. The predicted octanol–water partition coefficient (Wildman–Crippen LogP) is 5.56. The van der Waals surface area contributed by atoms with Crippen molar-refractivity contribution in [2.45, 2.75) is 18.1 Å². The topological polar surface area (TPSA) is 72.7 Å². The average molecular weight is 482 g/mol. The Morgan fingerprint density at radius 1 is 1.16 bits per heavy atom. The van der Waals surface area contributed by atoms with Crippen LogP contribution in [0.5, 0.6) is 0 Å². The fourth-order valence-corrected chi connectivity index (χ4v) is 4.85. The second kappa shape index (κ2) is 10.6. The van der Waals surface area contributed by atoms with Gasteiger partial charge in [0.1, 0.15) is 0 Å². The lowest BCUT2D eigenvalue weighted by Crippen LogP contribution is -2.14. The summed E-state index contributed by atoms with van der Waals surface area (Å²) in [4.78, 5) is 17.8. The molecule has 0 atom stereocenters. The van der Waals surface area contributed by atoms with Gasteiger partial charge in [-0.2, -0.15) is 0 Å². The lowest BCUT2D eigenvalue weighted by Gasteiger charge is -2.07. The van der Waals surface area contributed by atoms with Crippen LogP contribution in [0.25, 0.3) is 11.4 Å². The van der Waals surface area contributed by atoms with Crippen LogP contribution in [-0.2, 0) is 17.8 Å². The first kappa shape index (κ1) is 22.3. The molecule has 4 aromatic rings. The zero-order valence-electron chi connectivity index (χ0n) is 17.1. The number of rotatable bonds is 9. The number of amides is 1. The van der Waals surface area contributed by atoms with Gasteiger partial charge in [-0.05, 0) is 11.6 Å². The van der Waals surface area contributed by atoms with Crippen molar-refractivity contribution < 1.29 is 4.79 Å². The fraction of sp³-hybridized carbons (Fsp3) is 0.130. The van der Waals surface area contributed by atoms with Crippen LogP contribution >= 0.6 is 34.7 Å². The third-order valence-corrected chi connectivity index (χ3v) is 6.76. The molecule has 162 valence electrons. The molecule has 0 unspecified atom stereocenters. The van der Waals surface area contributed by atoms with Gasteiger partial charge in [-0.1, -0.05) is 78.0 Å². The fourth-order valence-electron chi connectivity index (χ4n) is 3.05. The average Bonchev–Trinajstić information content (AvgIpc) is 3.41. The normalized spacial score (nSPS) is 10.8. The Hall–Kier alpha value is -2.94. The molecule has 0 radical (unpaired) electrons. The SMILES string of the molecule is C=CCn1c(SCC(=O)Nc2ncc(Cc3ccccc3Cl)s2)nnc1-c1ccccc1. The maximum absolute atomic E-state index is 12.5. The van der Waals surface area contributed by atoms with E-state index < -0.39 is 0 Å². The Bertz CT molecular complexity index is 1220. The number of carbonyl (C=O) groups excluding carboxylic acids is 1. The minimum absolute atomic E-state index is 0.150. The molecule has 0 spiro atoms. The summed E-state index contributed by atoms with van der Waals surface area (Å²) in [6.45, 7) is 4.37. The molecule has 4 rings (SSSR count). The zero-order chi connectivity index (χ0) is 22.3. The number of aromatic nitrogens is 4. The van der Waals surface area contributed by atoms with Gasteiger partial charge in [0.05, 0.1) is 5.75 Å². The highest BCUT2D eigenvalue weighted by Crippen LogP contribution is 2.26. The van der Waals surface area contributed by atoms with Crippen LogP contribution in [0.1, 0.15) is 10.4 Å². The summed E-state index contributed by atoms with van der Waals surface area (Å²) in [5, 5.41) is 13.4. The van der Waals surface area contributed by atoms with Gasteiger partial charge in [0.25, 0.3) is 0 Å². The second-order valence-corrected chi connectivity index (χ2v) is 9.27. The van der Waals surface area contributed by atoms with Crippen LogP contribution in [0, 0.1) is 0 Å². The van der Waals surface area contributed by atoms with Crippen LogP contribution in [0.2, 0.25) is 5.02 Å². The molecule has 0 bridgehead atoms. The molecule has 0 saturated carbocycles. The summed E-state index contributed by atoms with van der Waals surface area (Å²) < 4.78 is 1.95. The highest BCUT2D eigenvalue weighted by molar-refractivity contribution is 7.99. The first-order valence-corrected chi connectivity index (χ1v) is 12.0. The van der Waals surface area contributed by atoms with Crippen LogP contribution in [-0.4, -0.2) is 31.4 Å². The molecule has 0 aliphatic rings. The van der Waals surface area contributed by atoms with E-state index in [1.54, 1.807) is 12.3 Å². The molecule has 2 heterocycles. The van der Waals surface area contributed by atoms with Gasteiger partial charge in [-0.25, -0.2) is 4.98 Å². The van der Waals surface area contributed by atoms with Crippen LogP contribution in [0.15, 0.2) is 78.6 Å². The van der Waals surface area contributed by atoms with Crippen molar-refractivity contribution >= 4 is 45.7 Å². The van der Waals surface area contributed by atoms with E-state index in [0.29, 0.717) is 23.3 Å². The van der Waals surface area contributed by atoms with Crippen molar-refractivity contribution in [3.8, 4) is 11.4 Å². The molecule has 32 heavy (non-hydrogen) atoms. The zero-order valence-corrected chi connectivity index (χ0v) is 19.5. The van der Waals surface area contributed by atoms with Crippen molar-refractivity contribution in [1.29, 1.82) is 0 Å². The van der Waals surface area contributed by atoms with E-state index >= 15 is 0 Å². The van der Waals surface area contributed by atoms with Crippen molar-refractivity contribution in [3.63, 3.8) is 0 Å². The predicted molar refractivity (Wildman–Crippen MR) is 131 cm³/mol. The maximum Gasteiger partial charge on any atom is 0.236 e. The Kier molecular flexibility index (Phi) is 7.36. The molecular formula is C23H20ClN5OS2. The summed E-state index contributed by atoms with van der Waals surface area (Å²) in [5.74, 6) is 0.796. The van der Waals surface area contributed by atoms with E-state index in [2.05, 4.69) is 27.1 Å². The van der Waals surface area contributed by atoms with E-state index in [-0.39, 0.29) is 11.7 Å². The molecule has 6 nitrogen and oxygen atoms in total. The quantitative estimate of drug-likeness (QED) is 0.250. The van der Waals surface area contributed by atoms with Gasteiger partial charge < -0.3 is 5.32 Å². The molecular weight excluding hydrogens is 462 g/mol. The lowest BCUT2D eigenvalue weighted by atomic mass is 10.1. The number of anilines is 1. The van der Waals surface area contributed by atoms with Crippen molar-refractivity contribution in [1.82, 2.24) is 19.7 Å². The Morgan fingerprint density at radius 2 is 1.94 bits per heavy atom. The number of thiazole rings is 1. The number of carbonyl (C=O) groups is 1. The number of thioether (sulfide) groups is 1. The number of allylic oxidation sites excluding steroid dienone is 1. The van der Waals surface area contributed by atoms with Crippen LogP contribution < -0.4 is 5.32 Å². The number of nitrogens with one attached hydrogen (secondary N) is 1. The molecule has 2 aromatic carbocycles. The van der Waals surface area contributed by atoms with Crippen LogP contribution in [0.4, 0.5) is 5.13 Å². The largest absolute Gasteiger partial charge is 0.301 e. The van der Waals surface area contributed by atoms with E-state index in [0.717, 1.165) is 26.9 Å². The smallest absolute Gasteiger partial charge is 0.236 e. The molecule has 0 aliphatic heterocycles. The number of hydrogen-bond acceptors (Lipinski definition) is 6. The maximum atomic E-state index is 12.5. The number of nitrogens with zero attached hydrogens (tertiary/aromatic N) is 4. The van der Waals surface area contributed by atoms with Gasteiger partial charge in [0, 0.05) is 34.6 Å². The Balaban J connectivity index is 1.37. The van der Waals surface area contributed by atoms with E-state index in [1.807, 2.05) is 59.2 Å². The van der Waals surface area contributed by atoms with E-state index in [4.69, 9.17) is 11.6 Å². The molecule has 0 saturated heterocycles. The summed E-state index contributed by atoms with van der Waals surface area (Å²) in [6, 6.07) is 17.5. The third-order valence-electron chi connectivity index (χ3n) is 4.52. The Morgan fingerprint density at radius 3 is 2.72 bits per heavy atom. The van der Waals surface area contributed by atoms with Crippen molar-refractivity contribution in [3.05, 3.63) is 88.9 Å². The first-order valence-electron chi connectivity index (χ1n) is 9.84. The Labute approximate surface area is 199 Å². The summed E-state index contributed by atoms with van der Waals surface area (Å²) in [5.41, 5.74) is 1.99. The molecule has 1 amide bonds. The van der Waals surface area contributed by atoms with Gasteiger partial charge in [0.2, 0.25) is 5.91 Å². The van der Waals surface area contributed by atoms with Crippen molar-refractivity contribution in [2.75, 3.05) is 11.1 Å². The van der Waals surface area contributed by atoms with Gasteiger partial charge in [-0.15, -0.1) is 28.1 Å². The summed E-state index contributed by atoms with van der Waals surface area (Å²) in [7, 11) is 0. The first-order chi connectivity index (χ1) is 15.6. The van der Waals surface area contributed by atoms with E-state index in [1.165, 1.54) is 23.1 Å². The third kappa shape index (κ3) is 5.45.